The number of halogens is 3. The average molecular weight is 465 g/mol. The molecule has 0 aliphatic rings. The van der Waals surface area contributed by atoms with E-state index in [2.05, 4.69) is 0 Å². The van der Waals surface area contributed by atoms with Crippen molar-refractivity contribution in [2.24, 2.45) is 0 Å². The molecule has 0 unspecified atom stereocenters. The van der Waals surface area contributed by atoms with E-state index >= 15 is 0 Å². The summed E-state index contributed by atoms with van der Waals surface area (Å²) in [6.45, 7) is 3.32. The summed E-state index contributed by atoms with van der Waals surface area (Å²) in [6, 6.07) is 7.54. The second-order valence-corrected chi connectivity index (χ2v) is 9.45. The fraction of sp³-hybridized carbons (Fsp3) is 0.333. The zero-order chi connectivity index (χ0) is 18.8. The van der Waals surface area contributed by atoms with Crippen LogP contribution in [0.15, 0.2) is 24.3 Å². The van der Waals surface area contributed by atoms with Gasteiger partial charge in [0.15, 0.2) is 5.13 Å². The van der Waals surface area contributed by atoms with Crippen molar-refractivity contribution in [1.29, 1.82) is 0 Å². The van der Waals surface area contributed by atoms with Gasteiger partial charge in [-0.1, -0.05) is 40.6 Å². The SMILES string of the molecule is Cc1ccc(Cl)c2sc(N(CCN(C)C)C(=O)Cc3ccc(Cl)s3)nc12.Cl. The topological polar surface area (TPSA) is 36.4 Å². The fourth-order valence-corrected chi connectivity index (χ4v) is 4.96. The first-order valence-electron chi connectivity index (χ1n) is 8.10. The van der Waals surface area contributed by atoms with Crippen molar-refractivity contribution in [2.75, 3.05) is 32.1 Å². The van der Waals surface area contributed by atoms with Gasteiger partial charge in [-0.2, -0.15) is 0 Å². The van der Waals surface area contributed by atoms with E-state index in [1.54, 1.807) is 4.90 Å². The molecule has 9 heteroatoms. The van der Waals surface area contributed by atoms with Crippen molar-refractivity contribution in [3.05, 3.63) is 44.1 Å². The molecule has 146 valence electrons. The van der Waals surface area contributed by atoms with Crippen LogP contribution in [0.4, 0.5) is 5.13 Å². The number of thiophene rings is 1. The van der Waals surface area contributed by atoms with E-state index in [9.17, 15) is 4.79 Å². The minimum absolute atomic E-state index is 0. The molecule has 4 nitrogen and oxygen atoms in total. The maximum atomic E-state index is 13.0. The van der Waals surface area contributed by atoms with Crippen molar-refractivity contribution in [3.8, 4) is 0 Å². The lowest BCUT2D eigenvalue weighted by atomic mass is 10.2. The number of carbonyl (C=O) groups is 1. The third kappa shape index (κ3) is 5.34. The highest BCUT2D eigenvalue weighted by Gasteiger charge is 2.22. The Balaban J connectivity index is 0.00000261. The molecule has 0 fully saturated rings. The number of likely N-dealkylation sites (N-methyl/N-ethyl adjacent to an activating group) is 1. The first-order chi connectivity index (χ1) is 12.3. The summed E-state index contributed by atoms with van der Waals surface area (Å²) < 4.78 is 1.61. The van der Waals surface area contributed by atoms with E-state index < -0.39 is 0 Å². The van der Waals surface area contributed by atoms with Gasteiger partial charge in [0.2, 0.25) is 5.91 Å². The number of benzene rings is 1. The predicted octanol–water partition coefficient (Wildman–Crippen LogP) is 5.53. The number of nitrogens with zero attached hydrogens (tertiary/aromatic N) is 3. The Morgan fingerprint density at radius 3 is 2.44 bits per heavy atom. The van der Waals surface area contributed by atoms with E-state index in [1.165, 1.54) is 22.7 Å². The highest BCUT2D eigenvalue weighted by atomic mass is 35.5. The molecular formula is C18H20Cl3N3OS2. The molecule has 27 heavy (non-hydrogen) atoms. The van der Waals surface area contributed by atoms with E-state index in [0.717, 1.165) is 27.2 Å². The lowest BCUT2D eigenvalue weighted by Gasteiger charge is -2.21. The molecule has 0 radical (unpaired) electrons. The first kappa shape index (κ1) is 22.4. The average Bonchev–Trinajstić information content (AvgIpc) is 3.18. The molecule has 0 saturated carbocycles. The van der Waals surface area contributed by atoms with Gasteiger partial charge in [0.1, 0.15) is 0 Å². The van der Waals surface area contributed by atoms with E-state index in [-0.39, 0.29) is 18.3 Å². The summed E-state index contributed by atoms with van der Waals surface area (Å²) in [5, 5.41) is 1.35. The Kier molecular flexibility index (Phi) is 7.92. The van der Waals surface area contributed by atoms with Gasteiger partial charge in [-0.3, -0.25) is 9.69 Å². The summed E-state index contributed by atoms with van der Waals surface area (Å²) in [5.41, 5.74) is 1.91. The number of rotatable bonds is 6. The van der Waals surface area contributed by atoms with Crippen LogP contribution >= 0.6 is 58.3 Å². The Labute approximate surface area is 183 Å². The minimum Gasteiger partial charge on any atom is -0.308 e. The van der Waals surface area contributed by atoms with Gasteiger partial charge in [-0.05, 0) is 44.8 Å². The largest absolute Gasteiger partial charge is 0.308 e. The van der Waals surface area contributed by atoms with Gasteiger partial charge in [0, 0.05) is 18.0 Å². The van der Waals surface area contributed by atoms with Crippen molar-refractivity contribution < 1.29 is 4.79 Å². The van der Waals surface area contributed by atoms with Crippen molar-refractivity contribution in [3.63, 3.8) is 0 Å². The monoisotopic (exact) mass is 463 g/mol. The maximum Gasteiger partial charge on any atom is 0.234 e. The second-order valence-electron chi connectivity index (χ2n) is 6.27. The number of thiazole rings is 1. The molecule has 0 spiro atoms. The van der Waals surface area contributed by atoms with Gasteiger partial charge >= 0.3 is 0 Å². The van der Waals surface area contributed by atoms with Crippen LogP contribution in [0.3, 0.4) is 0 Å². The predicted molar refractivity (Wildman–Crippen MR) is 121 cm³/mol. The van der Waals surface area contributed by atoms with Gasteiger partial charge in [-0.25, -0.2) is 4.98 Å². The normalized spacial score (nSPS) is 11.0. The second kappa shape index (κ2) is 9.54. The van der Waals surface area contributed by atoms with Gasteiger partial charge < -0.3 is 4.90 Å². The molecule has 0 saturated heterocycles. The zero-order valence-electron chi connectivity index (χ0n) is 15.2. The number of amides is 1. The third-order valence-electron chi connectivity index (χ3n) is 3.94. The van der Waals surface area contributed by atoms with Crippen LogP contribution in [-0.2, 0) is 11.2 Å². The molecule has 2 heterocycles. The van der Waals surface area contributed by atoms with Crippen LogP contribution in [-0.4, -0.2) is 43.0 Å². The van der Waals surface area contributed by atoms with E-state index in [0.29, 0.717) is 27.5 Å². The number of fused-ring (bicyclic) bond motifs is 1. The highest BCUT2D eigenvalue weighted by molar-refractivity contribution is 7.23. The summed E-state index contributed by atoms with van der Waals surface area (Å²) in [5.74, 6) is 0.0122. The van der Waals surface area contributed by atoms with Crippen LogP contribution in [0, 0.1) is 6.92 Å². The van der Waals surface area contributed by atoms with E-state index in [4.69, 9.17) is 28.2 Å². The molecule has 0 bridgehead atoms. The molecule has 1 amide bonds. The van der Waals surface area contributed by atoms with Crippen molar-refractivity contribution in [2.45, 2.75) is 13.3 Å². The number of carbonyl (C=O) groups excluding carboxylic acids is 1. The number of hydrogen-bond acceptors (Lipinski definition) is 5. The minimum atomic E-state index is 0. The lowest BCUT2D eigenvalue weighted by Crippen LogP contribution is -2.37. The summed E-state index contributed by atoms with van der Waals surface area (Å²) in [6.07, 6.45) is 0.313. The Morgan fingerprint density at radius 1 is 1.11 bits per heavy atom. The Hall–Kier alpha value is -0.890. The van der Waals surface area contributed by atoms with Crippen LogP contribution in [0.25, 0.3) is 10.2 Å². The molecule has 3 aromatic rings. The molecule has 0 N–H and O–H groups in total. The van der Waals surface area contributed by atoms with Gasteiger partial charge in [0.25, 0.3) is 0 Å². The number of aryl methyl sites for hydroxylation is 1. The van der Waals surface area contributed by atoms with Gasteiger partial charge in [0.05, 0.1) is 26.0 Å². The third-order valence-corrected chi connectivity index (χ3v) is 6.71. The number of anilines is 1. The number of aromatic nitrogens is 1. The van der Waals surface area contributed by atoms with E-state index in [1.807, 2.05) is 50.2 Å². The molecule has 0 aliphatic heterocycles. The molecule has 0 atom stereocenters. The Bertz CT molecular complexity index is 900. The summed E-state index contributed by atoms with van der Waals surface area (Å²) >= 11 is 15.2. The molecule has 2 aromatic heterocycles. The van der Waals surface area contributed by atoms with Crippen LogP contribution in [0.2, 0.25) is 9.36 Å². The van der Waals surface area contributed by atoms with Gasteiger partial charge in [-0.15, -0.1) is 23.7 Å². The van der Waals surface area contributed by atoms with Crippen LogP contribution in [0.5, 0.6) is 0 Å². The molecule has 0 aliphatic carbocycles. The Morgan fingerprint density at radius 2 is 1.85 bits per heavy atom. The number of hydrogen-bond donors (Lipinski definition) is 0. The lowest BCUT2D eigenvalue weighted by molar-refractivity contribution is -0.118. The molecular weight excluding hydrogens is 445 g/mol. The summed E-state index contributed by atoms with van der Waals surface area (Å²) in [4.78, 5) is 22.5. The zero-order valence-corrected chi connectivity index (χ0v) is 19.1. The fourth-order valence-electron chi connectivity index (χ4n) is 2.52. The smallest absolute Gasteiger partial charge is 0.234 e. The van der Waals surface area contributed by atoms with Crippen LogP contribution < -0.4 is 4.90 Å². The molecule has 3 rings (SSSR count). The van der Waals surface area contributed by atoms with Crippen molar-refractivity contribution >= 4 is 79.5 Å². The first-order valence-corrected chi connectivity index (χ1v) is 10.5. The highest BCUT2D eigenvalue weighted by Crippen LogP contribution is 2.36. The quantitative estimate of drug-likeness (QED) is 0.481. The standard InChI is InChI=1S/C18H19Cl2N3OS2.ClH/c1-11-4-6-13(19)17-16(11)21-18(26-17)23(9-8-22(2)3)15(24)10-12-5-7-14(20)25-12;/h4-7H,8-10H2,1-3H3;1H. The van der Waals surface area contributed by atoms with Crippen LogP contribution in [0.1, 0.15) is 10.4 Å². The summed E-state index contributed by atoms with van der Waals surface area (Å²) in [7, 11) is 3.97. The van der Waals surface area contributed by atoms with Crippen molar-refractivity contribution in [1.82, 2.24) is 9.88 Å². The molecule has 1 aromatic carbocycles. The maximum absolute atomic E-state index is 13.0.